The first-order valence-corrected chi connectivity index (χ1v) is 16.2. The second kappa shape index (κ2) is 12.2. The van der Waals surface area contributed by atoms with Crippen LogP contribution in [0.3, 0.4) is 0 Å². The number of amides is 1. The van der Waals surface area contributed by atoms with Crippen molar-refractivity contribution >= 4 is 15.9 Å². The lowest BCUT2D eigenvalue weighted by Gasteiger charge is -2.41. The topological polar surface area (TPSA) is 86.7 Å². The maximum Gasteiger partial charge on any atom is 0.272 e. The van der Waals surface area contributed by atoms with Crippen LogP contribution in [0.5, 0.6) is 0 Å². The first-order valence-electron chi connectivity index (χ1n) is 14.7. The third-order valence-electron chi connectivity index (χ3n) is 8.71. The van der Waals surface area contributed by atoms with Gasteiger partial charge < -0.3 is 9.80 Å². The van der Waals surface area contributed by atoms with E-state index in [-0.39, 0.29) is 16.6 Å². The van der Waals surface area contributed by atoms with E-state index in [1.165, 1.54) is 15.4 Å². The van der Waals surface area contributed by atoms with Gasteiger partial charge >= 0.3 is 0 Å². The Morgan fingerprint density at radius 1 is 0.925 bits per heavy atom. The number of hydrogen-bond acceptors (Lipinski definition) is 6. The first kappa shape index (κ1) is 30.6. The van der Waals surface area contributed by atoms with Gasteiger partial charge in [0.2, 0.25) is 10.0 Å². The summed E-state index contributed by atoms with van der Waals surface area (Å²) in [7, 11) is 0.0282. The van der Waals surface area contributed by atoms with E-state index in [1.807, 2.05) is 18.7 Å². The summed E-state index contributed by atoms with van der Waals surface area (Å²) in [6, 6.07) is 9.20. The van der Waals surface area contributed by atoms with Crippen molar-refractivity contribution in [3.05, 3.63) is 58.2 Å². The molecule has 220 valence electrons. The summed E-state index contributed by atoms with van der Waals surface area (Å²) in [6.07, 6.45) is 4.78. The van der Waals surface area contributed by atoms with Crippen molar-refractivity contribution in [2.45, 2.75) is 89.9 Å². The van der Waals surface area contributed by atoms with Crippen LogP contribution >= 0.6 is 0 Å². The molecule has 0 radical (unpaired) electrons. The Balaban J connectivity index is 1.34. The van der Waals surface area contributed by atoms with Crippen LogP contribution < -0.4 is 0 Å². The number of aryl methyl sites for hydroxylation is 3. The molecule has 2 aromatic rings. The number of aromatic nitrogens is 2. The molecule has 2 fully saturated rings. The lowest BCUT2D eigenvalue weighted by molar-refractivity contribution is 0.0584. The molecule has 0 N–H and O–H groups in total. The minimum Gasteiger partial charge on any atom is -0.337 e. The number of carbonyl (C=O) groups is 1. The number of carbonyl (C=O) groups excluding carboxylic acids is 1. The zero-order valence-corrected chi connectivity index (χ0v) is 26.2. The van der Waals surface area contributed by atoms with E-state index < -0.39 is 10.0 Å². The maximum atomic E-state index is 13.6. The van der Waals surface area contributed by atoms with Gasteiger partial charge in [-0.15, -0.1) is 0 Å². The Labute approximate surface area is 241 Å². The fraction of sp³-hybridized carbons (Fsp3) is 0.645. The highest BCUT2D eigenvalue weighted by atomic mass is 32.2. The van der Waals surface area contributed by atoms with E-state index >= 15 is 0 Å². The van der Waals surface area contributed by atoms with E-state index in [9.17, 15) is 13.2 Å². The summed E-state index contributed by atoms with van der Waals surface area (Å²) >= 11 is 0. The Morgan fingerprint density at radius 2 is 1.52 bits per heavy atom. The molecule has 0 spiro atoms. The van der Waals surface area contributed by atoms with Gasteiger partial charge in [-0.3, -0.25) is 4.79 Å². The van der Waals surface area contributed by atoms with Crippen LogP contribution in [-0.4, -0.2) is 90.0 Å². The van der Waals surface area contributed by atoms with Crippen molar-refractivity contribution in [2.24, 2.45) is 0 Å². The van der Waals surface area contributed by atoms with Crippen molar-refractivity contribution in [3.63, 3.8) is 0 Å². The lowest BCUT2D eigenvalue weighted by atomic mass is 9.86. The molecule has 2 aliphatic heterocycles. The quantitative estimate of drug-likeness (QED) is 0.498. The molecular weight excluding hydrogens is 522 g/mol. The Hall–Kier alpha value is -2.36. The van der Waals surface area contributed by atoms with Gasteiger partial charge in [-0.25, -0.2) is 22.7 Å². The number of hydrogen-bond donors (Lipinski definition) is 0. The number of sulfonamides is 1. The molecule has 8 nitrogen and oxygen atoms in total. The molecule has 1 aromatic carbocycles. The fourth-order valence-corrected chi connectivity index (χ4v) is 7.40. The van der Waals surface area contributed by atoms with E-state index in [0.717, 1.165) is 50.0 Å². The largest absolute Gasteiger partial charge is 0.337 e. The molecule has 0 aliphatic carbocycles. The van der Waals surface area contributed by atoms with Gasteiger partial charge in [0.05, 0.1) is 5.25 Å². The molecule has 2 aliphatic rings. The second-order valence-corrected chi connectivity index (χ2v) is 15.2. The summed E-state index contributed by atoms with van der Waals surface area (Å²) in [6.45, 7) is 13.5. The third kappa shape index (κ3) is 6.92. The molecule has 0 atom stereocenters. The summed E-state index contributed by atoms with van der Waals surface area (Å²) in [5, 5.41) is -0.290. The summed E-state index contributed by atoms with van der Waals surface area (Å²) in [4.78, 5) is 27.2. The monoisotopic (exact) mass is 569 g/mol. The molecule has 4 rings (SSSR count). The highest BCUT2D eigenvalue weighted by molar-refractivity contribution is 7.89. The Bertz CT molecular complexity index is 1290. The van der Waals surface area contributed by atoms with E-state index in [4.69, 9.17) is 4.98 Å². The molecule has 0 bridgehead atoms. The minimum atomic E-state index is -3.20. The lowest BCUT2D eigenvalue weighted by Crippen LogP contribution is -2.51. The molecule has 0 saturated carbocycles. The van der Waals surface area contributed by atoms with E-state index in [0.29, 0.717) is 43.5 Å². The molecule has 0 unspecified atom stereocenters. The van der Waals surface area contributed by atoms with Crippen LogP contribution in [0, 0.1) is 13.8 Å². The average Bonchev–Trinajstić information content (AvgIpc) is 2.92. The third-order valence-corrected chi connectivity index (χ3v) is 11.0. The van der Waals surface area contributed by atoms with Crippen molar-refractivity contribution in [1.82, 2.24) is 24.1 Å². The number of nitrogens with zero attached hydrogens (tertiary/aromatic N) is 5. The van der Waals surface area contributed by atoms with Crippen LogP contribution in [0.4, 0.5) is 0 Å². The van der Waals surface area contributed by atoms with E-state index in [1.54, 1.807) is 14.1 Å². The molecular formula is C31H47N5O3S. The highest BCUT2D eigenvalue weighted by Gasteiger charge is 2.35. The molecule has 1 amide bonds. The highest BCUT2D eigenvalue weighted by Crippen LogP contribution is 2.26. The van der Waals surface area contributed by atoms with Crippen LogP contribution in [0.1, 0.15) is 85.2 Å². The standard InChI is InChI=1S/C31H47N5O3S/c1-22-28(13-10-24-8-11-25(12-9-24)31(3,4)5)32-23(2)33-29(22)30(37)36-18-14-26(15-19-36)35-20-16-27(17-21-35)40(38,39)34(6)7/h8-9,11-12,26-27H,10,13-21H2,1-7H3. The van der Waals surface area contributed by atoms with Crippen molar-refractivity contribution in [2.75, 3.05) is 40.3 Å². The molecule has 3 heterocycles. The molecule has 40 heavy (non-hydrogen) atoms. The SMILES string of the molecule is Cc1nc(CCc2ccc(C(C)(C)C)cc2)c(C)c(C(=O)N2CCC(N3CCC(S(=O)(=O)N(C)C)CC3)CC2)n1. The van der Waals surface area contributed by atoms with Crippen LogP contribution in [-0.2, 0) is 28.3 Å². The zero-order valence-electron chi connectivity index (χ0n) is 25.4. The molecule has 1 aromatic heterocycles. The first-order chi connectivity index (χ1) is 18.8. The van der Waals surface area contributed by atoms with Crippen LogP contribution in [0.15, 0.2) is 24.3 Å². The van der Waals surface area contributed by atoms with Gasteiger partial charge in [-0.05, 0) is 82.0 Å². The fourth-order valence-electron chi connectivity index (χ4n) is 5.99. The maximum absolute atomic E-state index is 13.6. The summed E-state index contributed by atoms with van der Waals surface area (Å²) in [5.41, 5.74) is 5.08. The zero-order chi connectivity index (χ0) is 29.2. The van der Waals surface area contributed by atoms with Crippen molar-refractivity contribution < 1.29 is 13.2 Å². The second-order valence-electron chi connectivity index (χ2n) is 12.7. The molecule has 9 heteroatoms. The van der Waals surface area contributed by atoms with Gasteiger partial charge in [0.1, 0.15) is 11.5 Å². The van der Waals surface area contributed by atoms with Gasteiger partial charge in [-0.2, -0.15) is 0 Å². The van der Waals surface area contributed by atoms with Gasteiger partial charge in [0.25, 0.3) is 5.91 Å². The number of piperidine rings is 2. The number of rotatable bonds is 7. The number of likely N-dealkylation sites (tertiary alicyclic amines) is 2. The predicted molar refractivity (Wildman–Crippen MR) is 160 cm³/mol. The van der Waals surface area contributed by atoms with Gasteiger partial charge in [0.15, 0.2) is 0 Å². The summed E-state index contributed by atoms with van der Waals surface area (Å²) in [5.74, 6) is 0.630. The molecule has 2 saturated heterocycles. The smallest absolute Gasteiger partial charge is 0.272 e. The van der Waals surface area contributed by atoms with E-state index in [2.05, 4.69) is 54.9 Å². The average molecular weight is 570 g/mol. The Morgan fingerprint density at radius 3 is 2.08 bits per heavy atom. The summed E-state index contributed by atoms with van der Waals surface area (Å²) < 4.78 is 26.4. The van der Waals surface area contributed by atoms with Gasteiger partial charge in [0, 0.05) is 44.5 Å². The Kier molecular flexibility index (Phi) is 9.37. The normalized spacial score (nSPS) is 18.4. The minimum absolute atomic E-state index is 0.00647. The predicted octanol–water partition coefficient (Wildman–Crippen LogP) is 4.14. The van der Waals surface area contributed by atoms with Crippen molar-refractivity contribution in [3.8, 4) is 0 Å². The van der Waals surface area contributed by atoms with Crippen molar-refractivity contribution in [1.29, 1.82) is 0 Å². The van der Waals surface area contributed by atoms with Crippen LogP contribution in [0.25, 0.3) is 0 Å². The van der Waals surface area contributed by atoms with Crippen LogP contribution in [0.2, 0.25) is 0 Å². The van der Waals surface area contributed by atoms with Gasteiger partial charge in [-0.1, -0.05) is 45.0 Å². The number of benzene rings is 1.